The molecule has 1 N–H and O–H groups in total. The van der Waals surface area contributed by atoms with E-state index in [1.165, 1.54) is 0 Å². The van der Waals surface area contributed by atoms with Crippen molar-refractivity contribution < 1.29 is 28.5 Å². The number of rotatable bonds is 15. The van der Waals surface area contributed by atoms with Crippen molar-refractivity contribution in [3.8, 4) is 0 Å². The number of hydrogen-bond acceptors (Lipinski definition) is 7. The maximum atomic E-state index is 11.9. The van der Waals surface area contributed by atoms with Gasteiger partial charge in [-0.05, 0) is 19.8 Å². The summed E-state index contributed by atoms with van der Waals surface area (Å²) < 4.78 is 20.9. The van der Waals surface area contributed by atoms with Crippen molar-refractivity contribution in [3.63, 3.8) is 0 Å². The highest BCUT2D eigenvalue weighted by molar-refractivity contribution is 5.77. The Bertz CT molecular complexity index is 386. The summed E-state index contributed by atoms with van der Waals surface area (Å²) in [7, 11) is 1.64. The predicted molar refractivity (Wildman–Crippen MR) is 97.2 cm³/mol. The minimum atomic E-state index is 0.0162. The molecule has 0 atom stereocenters. The number of nitrogens with one attached hydrogen (secondary N) is 1. The lowest BCUT2D eigenvalue weighted by molar-refractivity contribution is -0.124. The van der Waals surface area contributed by atoms with Crippen LogP contribution in [-0.2, 0) is 28.5 Å². The Balaban J connectivity index is 1.89. The summed E-state index contributed by atoms with van der Waals surface area (Å²) >= 11 is 0. The molecule has 1 rings (SSSR count). The average molecular weight is 374 g/mol. The summed E-state index contributed by atoms with van der Waals surface area (Å²) in [4.78, 5) is 25.2. The predicted octanol–water partition coefficient (Wildman–Crippen LogP) is 0.242. The molecule has 1 aliphatic rings. The number of amides is 1. The highest BCUT2D eigenvalue weighted by Crippen LogP contribution is 2.10. The van der Waals surface area contributed by atoms with Crippen molar-refractivity contribution in [2.75, 3.05) is 73.0 Å². The second-order valence-corrected chi connectivity index (χ2v) is 6.40. The second kappa shape index (κ2) is 15.0. The Morgan fingerprint density at radius 3 is 2.00 bits per heavy atom. The molecule has 1 saturated heterocycles. The van der Waals surface area contributed by atoms with E-state index in [1.807, 2.05) is 0 Å². The molecule has 1 heterocycles. The lowest BCUT2D eigenvalue weighted by Crippen LogP contribution is -2.45. The van der Waals surface area contributed by atoms with Gasteiger partial charge in [-0.3, -0.25) is 14.5 Å². The van der Waals surface area contributed by atoms with Gasteiger partial charge in [-0.15, -0.1) is 0 Å². The summed E-state index contributed by atoms with van der Waals surface area (Å²) in [6.45, 7) is 7.39. The standard InChI is InChI=1S/C18H34N2O6/c1-16(21)15-20-6-3-17(4-7-20)19-18(22)5-8-24-11-12-26-14-13-25-10-9-23-2/h17H,3-15H2,1-2H3,(H,19,22). The summed E-state index contributed by atoms with van der Waals surface area (Å²) in [6, 6.07) is 0.201. The molecule has 0 aromatic carbocycles. The molecule has 0 aromatic heterocycles. The van der Waals surface area contributed by atoms with E-state index >= 15 is 0 Å². The van der Waals surface area contributed by atoms with E-state index in [4.69, 9.17) is 18.9 Å². The Morgan fingerprint density at radius 2 is 1.46 bits per heavy atom. The lowest BCUT2D eigenvalue weighted by Gasteiger charge is -2.31. The van der Waals surface area contributed by atoms with E-state index in [1.54, 1.807) is 14.0 Å². The minimum Gasteiger partial charge on any atom is -0.382 e. The van der Waals surface area contributed by atoms with Crippen LogP contribution in [0.5, 0.6) is 0 Å². The summed E-state index contributed by atoms with van der Waals surface area (Å²) in [5, 5.41) is 3.04. The van der Waals surface area contributed by atoms with Crippen LogP contribution in [0.1, 0.15) is 26.2 Å². The normalized spacial score (nSPS) is 15.9. The molecular formula is C18H34N2O6. The first-order chi connectivity index (χ1) is 12.6. The Morgan fingerprint density at radius 1 is 0.923 bits per heavy atom. The fourth-order valence-electron chi connectivity index (χ4n) is 2.70. The zero-order valence-corrected chi connectivity index (χ0v) is 16.2. The van der Waals surface area contributed by atoms with Crippen LogP contribution in [0.25, 0.3) is 0 Å². The number of likely N-dealkylation sites (tertiary alicyclic amines) is 1. The topological polar surface area (TPSA) is 86.3 Å². The molecule has 0 unspecified atom stereocenters. The molecule has 8 nitrogen and oxygen atoms in total. The van der Waals surface area contributed by atoms with E-state index in [2.05, 4.69) is 10.2 Å². The Kier molecular flexibility index (Phi) is 13.3. The van der Waals surface area contributed by atoms with E-state index < -0.39 is 0 Å². The van der Waals surface area contributed by atoms with E-state index in [9.17, 15) is 9.59 Å². The van der Waals surface area contributed by atoms with Crippen LogP contribution in [0, 0.1) is 0 Å². The van der Waals surface area contributed by atoms with Crippen LogP contribution in [0.3, 0.4) is 0 Å². The van der Waals surface area contributed by atoms with E-state index in [0.29, 0.717) is 59.2 Å². The van der Waals surface area contributed by atoms with Gasteiger partial charge in [0.2, 0.25) is 5.91 Å². The fraction of sp³-hybridized carbons (Fsp3) is 0.889. The number of hydrogen-bond donors (Lipinski definition) is 1. The molecule has 0 spiro atoms. The second-order valence-electron chi connectivity index (χ2n) is 6.40. The SMILES string of the molecule is COCCOCCOCCOCCC(=O)NC1CCN(CC(C)=O)CC1. The van der Waals surface area contributed by atoms with Crippen molar-refractivity contribution in [3.05, 3.63) is 0 Å². The first kappa shape index (κ1) is 23.0. The van der Waals surface area contributed by atoms with Crippen molar-refractivity contribution in [1.82, 2.24) is 10.2 Å². The number of ketones is 1. The molecular weight excluding hydrogens is 340 g/mol. The molecule has 0 radical (unpaired) electrons. The summed E-state index contributed by atoms with van der Waals surface area (Å²) in [5.74, 6) is 0.203. The smallest absolute Gasteiger partial charge is 0.222 e. The first-order valence-electron chi connectivity index (χ1n) is 9.35. The third kappa shape index (κ3) is 12.3. The highest BCUT2D eigenvalue weighted by Gasteiger charge is 2.20. The maximum absolute atomic E-state index is 11.9. The molecule has 1 fully saturated rings. The monoisotopic (exact) mass is 374 g/mol. The molecule has 1 amide bonds. The van der Waals surface area contributed by atoms with Crippen LogP contribution >= 0.6 is 0 Å². The number of ether oxygens (including phenoxy) is 4. The molecule has 8 heteroatoms. The van der Waals surface area contributed by atoms with Gasteiger partial charge in [-0.2, -0.15) is 0 Å². The molecule has 26 heavy (non-hydrogen) atoms. The van der Waals surface area contributed by atoms with Gasteiger partial charge in [-0.25, -0.2) is 0 Å². The van der Waals surface area contributed by atoms with Gasteiger partial charge < -0.3 is 24.3 Å². The van der Waals surface area contributed by atoms with Crippen LogP contribution in [0.15, 0.2) is 0 Å². The highest BCUT2D eigenvalue weighted by atomic mass is 16.6. The van der Waals surface area contributed by atoms with Crippen LogP contribution in [0.4, 0.5) is 0 Å². The molecule has 0 bridgehead atoms. The van der Waals surface area contributed by atoms with Gasteiger partial charge in [0.25, 0.3) is 0 Å². The molecule has 0 aromatic rings. The molecule has 1 aliphatic heterocycles. The zero-order valence-electron chi connectivity index (χ0n) is 16.2. The Hall–Kier alpha value is -1.06. The number of carbonyl (C=O) groups is 2. The van der Waals surface area contributed by atoms with E-state index in [-0.39, 0.29) is 17.7 Å². The fourth-order valence-corrected chi connectivity index (χ4v) is 2.70. The molecule has 0 aliphatic carbocycles. The number of nitrogens with zero attached hydrogens (tertiary/aromatic N) is 1. The van der Waals surface area contributed by atoms with Crippen molar-refractivity contribution >= 4 is 11.7 Å². The van der Waals surface area contributed by atoms with Gasteiger partial charge >= 0.3 is 0 Å². The third-order valence-electron chi connectivity index (χ3n) is 4.05. The van der Waals surface area contributed by atoms with Gasteiger partial charge in [0, 0.05) is 32.7 Å². The quantitative estimate of drug-likeness (QED) is 0.411. The maximum Gasteiger partial charge on any atom is 0.222 e. The number of carbonyl (C=O) groups excluding carboxylic acids is 2. The van der Waals surface area contributed by atoms with Gasteiger partial charge in [0.1, 0.15) is 5.78 Å². The number of Topliss-reactive ketones (excluding diaryl/α,β-unsaturated/α-hetero) is 1. The largest absolute Gasteiger partial charge is 0.382 e. The zero-order chi connectivity index (χ0) is 19.0. The number of methoxy groups -OCH3 is 1. The molecule has 152 valence electrons. The number of piperidine rings is 1. The average Bonchev–Trinajstić information content (AvgIpc) is 2.61. The lowest BCUT2D eigenvalue weighted by atomic mass is 10.0. The summed E-state index contributed by atoms with van der Waals surface area (Å²) in [6.07, 6.45) is 2.13. The van der Waals surface area contributed by atoms with Crippen molar-refractivity contribution in [2.45, 2.75) is 32.2 Å². The molecule has 0 saturated carbocycles. The van der Waals surface area contributed by atoms with Gasteiger partial charge in [0.15, 0.2) is 0 Å². The third-order valence-corrected chi connectivity index (χ3v) is 4.05. The minimum absolute atomic E-state index is 0.0162. The Labute approximate surface area is 156 Å². The first-order valence-corrected chi connectivity index (χ1v) is 9.35. The van der Waals surface area contributed by atoms with Gasteiger partial charge in [-0.1, -0.05) is 0 Å². The van der Waals surface area contributed by atoms with Crippen molar-refractivity contribution in [1.29, 1.82) is 0 Å². The van der Waals surface area contributed by atoms with Crippen LogP contribution in [-0.4, -0.2) is 95.6 Å². The van der Waals surface area contributed by atoms with Crippen LogP contribution in [0.2, 0.25) is 0 Å². The summed E-state index contributed by atoms with van der Waals surface area (Å²) in [5.41, 5.74) is 0. The van der Waals surface area contributed by atoms with Crippen molar-refractivity contribution in [2.24, 2.45) is 0 Å². The van der Waals surface area contributed by atoms with Gasteiger partial charge in [0.05, 0.1) is 52.8 Å². The van der Waals surface area contributed by atoms with Crippen LogP contribution < -0.4 is 5.32 Å². The van der Waals surface area contributed by atoms with E-state index in [0.717, 1.165) is 25.9 Å².